The number of rotatable bonds is 1. The quantitative estimate of drug-likeness (QED) is 0.645. The van der Waals surface area contributed by atoms with Gasteiger partial charge in [-0.15, -0.1) is 5.10 Å². The summed E-state index contributed by atoms with van der Waals surface area (Å²) < 4.78 is 1.20. The fourth-order valence-corrected chi connectivity index (χ4v) is 1.03. The molecule has 64 valence electrons. The van der Waals surface area contributed by atoms with E-state index in [2.05, 4.69) is 10.3 Å². The Labute approximate surface area is 74.8 Å². The molecule has 2 rings (SSSR count). The van der Waals surface area contributed by atoms with Crippen LogP contribution in [0.1, 0.15) is 10.4 Å². The van der Waals surface area contributed by atoms with Gasteiger partial charge in [0.15, 0.2) is 0 Å². The predicted molar refractivity (Wildman–Crippen MR) is 46.2 cm³/mol. The standard InChI is InChI=1S/C9H7N3O/c13-9(12-7-6-10-11-12)8-4-2-1-3-5-8/h1-7H. The molecule has 1 heterocycles. The van der Waals surface area contributed by atoms with Gasteiger partial charge in [0.25, 0.3) is 5.91 Å². The molecule has 0 atom stereocenters. The van der Waals surface area contributed by atoms with Crippen LogP contribution in [-0.4, -0.2) is 20.9 Å². The highest BCUT2D eigenvalue weighted by atomic mass is 16.2. The molecule has 0 radical (unpaired) electrons. The molecule has 1 aromatic carbocycles. The van der Waals surface area contributed by atoms with Crippen molar-refractivity contribution in [3.8, 4) is 0 Å². The van der Waals surface area contributed by atoms with Crippen LogP contribution in [0.4, 0.5) is 0 Å². The number of hydrogen-bond acceptors (Lipinski definition) is 3. The molecular weight excluding hydrogens is 166 g/mol. The van der Waals surface area contributed by atoms with Crippen molar-refractivity contribution < 1.29 is 4.79 Å². The molecule has 0 aliphatic rings. The number of hydrogen-bond donors (Lipinski definition) is 0. The Morgan fingerprint density at radius 2 is 2.00 bits per heavy atom. The number of carbonyl (C=O) groups excluding carboxylic acids is 1. The first-order valence-electron chi connectivity index (χ1n) is 3.84. The van der Waals surface area contributed by atoms with Gasteiger partial charge in [0, 0.05) is 5.56 Å². The first kappa shape index (κ1) is 7.67. The zero-order valence-electron chi connectivity index (χ0n) is 6.79. The van der Waals surface area contributed by atoms with Crippen molar-refractivity contribution in [2.24, 2.45) is 0 Å². The molecule has 13 heavy (non-hydrogen) atoms. The molecule has 0 fully saturated rings. The maximum atomic E-state index is 11.6. The predicted octanol–water partition coefficient (Wildman–Crippen LogP) is 0.967. The van der Waals surface area contributed by atoms with Gasteiger partial charge in [0.1, 0.15) is 0 Å². The Bertz CT molecular complexity index is 394. The van der Waals surface area contributed by atoms with Crippen LogP contribution in [0.2, 0.25) is 0 Å². The molecule has 0 aliphatic carbocycles. The van der Waals surface area contributed by atoms with E-state index in [9.17, 15) is 4.79 Å². The second kappa shape index (κ2) is 3.18. The van der Waals surface area contributed by atoms with Gasteiger partial charge in [-0.05, 0) is 12.1 Å². The zero-order chi connectivity index (χ0) is 9.10. The SMILES string of the molecule is O=C(c1ccccc1)n1ccnn1. The number of aromatic nitrogens is 3. The van der Waals surface area contributed by atoms with Crippen LogP contribution in [0.3, 0.4) is 0 Å². The maximum absolute atomic E-state index is 11.6. The van der Waals surface area contributed by atoms with Gasteiger partial charge >= 0.3 is 0 Å². The molecule has 0 unspecified atom stereocenters. The van der Waals surface area contributed by atoms with Crippen LogP contribution in [0.5, 0.6) is 0 Å². The molecule has 2 aromatic rings. The highest BCUT2D eigenvalue weighted by Crippen LogP contribution is 2.00. The fourth-order valence-electron chi connectivity index (χ4n) is 1.03. The summed E-state index contributed by atoms with van der Waals surface area (Å²) in [5, 5.41) is 7.17. The molecule has 0 bridgehead atoms. The lowest BCUT2D eigenvalue weighted by Gasteiger charge is -1.97. The second-order valence-electron chi connectivity index (χ2n) is 2.52. The van der Waals surface area contributed by atoms with E-state index < -0.39 is 0 Å². The topological polar surface area (TPSA) is 47.8 Å². The Morgan fingerprint density at radius 1 is 1.23 bits per heavy atom. The summed E-state index contributed by atoms with van der Waals surface area (Å²) in [6.45, 7) is 0. The summed E-state index contributed by atoms with van der Waals surface area (Å²) in [4.78, 5) is 11.6. The van der Waals surface area contributed by atoms with Crippen molar-refractivity contribution in [1.29, 1.82) is 0 Å². The lowest BCUT2D eigenvalue weighted by atomic mass is 10.2. The van der Waals surface area contributed by atoms with Gasteiger partial charge < -0.3 is 0 Å². The van der Waals surface area contributed by atoms with Gasteiger partial charge in [-0.25, -0.2) is 0 Å². The van der Waals surface area contributed by atoms with E-state index in [1.54, 1.807) is 12.1 Å². The minimum atomic E-state index is -0.168. The van der Waals surface area contributed by atoms with E-state index in [0.717, 1.165) is 0 Å². The maximum Gasteiger partial charge on any atom is 0.279 e. The Kier molecular flexibility index (Phi) is 1.88. The van der Waals surface area contributed by atoms with Crippen molar-refractivity contribution in [2.45, 2.75) is 0 Å². The summed E-state index contributed by atoms with van der Waals surface area (Å²) in [7, 11) is 0. The number of nitrogens with zero attached hydrogens (tertiary/aromatic N) is 3. The van der Waals surface area contributed by atoms with Gasteiger partial charge in [-0.2, -0.15) is 4.68 Å². The molecule has 0 aliphatic heterocycles. The molecule has 0 saturated heterocycles. The molecule has 1 aromatic heterocycles. The zero-order valence-corrected chi connectivity index (χ0v) is 6.79. The third kappa shape index (κ3) is 1.46. The third-order valence-electron chi connectivity index (χ3n) is 1.65. The second-order valence-corrected chi connectivity index (χ2v) is 2.52. The molecule has 4 nitrogen and oxygen atoms in total. The van der Waals surface area contributed by atoms with Crippen molar-refractivity contribution >= 4 is 5.91 Å². The van der Waals surface area contributed by atoms with Crippen LogP contribution >= 0.6 is 0 Å². The van der Waals surface area contributed by atoms with Crippen LogP contribution < -0.4 is 0 Å². The van der Waals surface area contributed by atoms with Gasteiger partial charge in [-0.1, -0.05) is 23.4 Å². The minimum absolute atomic E-state index is 0.168. The fraction of sp³-hybridized carbons (Fsp3) is 0. The summed E-state index contributed by atoms with van der Waals surface area (Å²) in [6, 6.07) is 8.96. The van der Waals surface area contributed by atoms with Crippen molar-refractivity contribution in [1.82, 2.24) is 15.0 Å². The van der Waals surface area contributed by atoms with Gasteiger partial charge in [0.05, 0.1) is 12.4 Å². The molecule has 4 heteroatoms. The van der Waals surface area contributed by atoms with E-state index >= 15 is 0 Å². The third-order valence-corrected chi connectivity index (χ3v) is 1.65. The van der Waals surface area contributed by atoms with E-state index in [1.165, 1.54) is 17.1 Å². The normalized spacial score (nSPS) is 9.85. The van der Waals surface area contributed by atoms with Crippen LogP contribution in [-0.2, 0) is 0 Å². The van der Waals surface area contributed by atoms with Crippen molar-refractivity contribution in [3.63, 3.8) is 0 Å². The first-order valence-corrected chi connectivity index (χ1v) is 3.84. The molecule has 0 saturated carbocycles. The molecular formula is C9H7N3O. The highest BCUT2D eigenvalue weighted by Gasteiger charge is 2.06. The largest absolute Gasteiger partial charge is 0.279 e. The van der Waals surface area contributed by atoms with Crippen LogP contribution in [0.15, 0.2) is 42.7 Å². The molecule has 0 amide bonds. The van der Waals surface area contributed by atoms with Crippen molar-refractivity contribution in [3.05, 3.63) is 48.3 Å². The van der Waals surface area contributed by atoms with Crippen LogP contribution in [0.25, 0.3) is 0 Å². The van der Waals surface area contributed by atoms with Crippen LogP contribution in [0, 0.1) is 0 Å². The Balaban J connectivity index is 2.34. The first-order chi connectivity index (χ1) is 6.38. The minimum Gasteiger partial charge on any atom is -0.267 e. The van der Waals surface area contributed by atoms with Gasteiger partial charge in [0.2, 0.25) is 0 Å². The lowest BCUT2D eigenvalue weighted by molar-refractivity contribution is 0.0943. The Hall–Kier alpha value is -1.97. The van der Waals surface area contributed by atoms with E-state index in [0.29, 0.717) is 5.56 Å². The number of carbonyl (C=O) groups is 1. The summed E-state index contributed by atoms with van der Waals surface area (Å²) in [5.41, 5.74) is 0.605. The van der Waals surface area contributed by atoms with Crippen molar-refractivity contribution in [2.75, 3.05) is 0 Å². The average Bonchev–Trinajstić information content (AvgIpc) is 2.71. The molecule has 0 N–H and O–H groups in total. The number of benzene rings is 1. The van der Waals surface area contributed by atoms with E-state index in [1.807, 2.05) is 18.2 Å². The highest BCUT2D eigenvalue weighted by molar-refractivity contribution is 5.95. The van der Waals surface area contributed by atoms with E-state index in [4.69, 9.17) is 0 Å². The monoisotopic (exact) mass is 173 g/mol. The average molecular weight is 173 g/mol. The summed E-state index contributed by atoms with van der Waals surface area (Å²) in [6.07, 6.45) is 3.00. The lowest BCUT2D eigenvalue weighted by Crippen LogP contribution is -2.12. The summed E-state index contributed by atoms with van der Waals surface area (Å²) in [5.74, 6) is -0.168. The van der Waals surface area contributed by atoms with Gasteiger partial charge in [-0.3, -0.25) is 4.79 Å². The smallest absolute Gasteiger partial charge is 0.267 e. The Morgan fingerprint density at radius 3 is 2.62 bits per heavy atom. The summed E-state index contributed by atoms with van der Waals surface area (Å²) >= 11 is 0. The van der Waals surface area contributed by atoms with E-state index in [-0.39, 0.29) is 5.91 Å². The molecule has 0 spiro atoms.